The summed E-state index contributed by atoms with van der Waals surface area (Å²) in [6.07, 6.45) is -0.833. The molecule has 1 aliphatic heterocycles. The fourth-order valence-corrected chi connectivity index (χ4v) is 3.15. The number of carbonyl (C=O) groups is 1. The van der Waals surface area contributed by atoms with E-state index < -0.39 is 17.7 Å². The molecule has 0 spiro atoms. The minimum Gasteiger partial charge on any atom is -0.478 e. The Morgan fingerprint density at radius 2 is 1.77 bits per heavy atom. The Morgan fingerprint density at radius 1 is 1.08 bits per heavy atom. The quantitative estimate of drug-likeness (QED) is 0.838. The first-order chi connectivity index (χ1) is 12.5. The maximum Gasteiger partial charge on any atom is 0.263 e. The number of anilines is 1. The molecule has 1 atom stereocenters. The van der Waals surface area contributed by atoms with E-state index in [1.807, 2.05) is 12.1 Å². The molecule has 1 aliphatic rings. The van der Waals surface area contributed by atoms with Crippen molar-refractivity contribution in [2.24, 2.45) is 0 Å². The molecule has 4 nitrogen and oxygen atoms in total. The van der Waals surface area contributed by atoms with Crippen LogP contribution in [0, 0.1) is 18.6 Å². The van der Waals surface area contributed by atoms with Gasteiger partial charge in [0.2, 0.25) is 0 Å². The number of piperazine rings is 1. The van der Waals surface area contributed by atoms with E-state index >= 15 is 0 Å². The third-order valence-corrected chi connectivity index (χ3v) is 4.59. The first-order valence-corrected chi connectivity index (χ1v) is 8.67. The van der Waals surface area contributed by atoms with E-state index in [-0.39, 0.29) is 11.7 Å². The van der Waals surface area contributed by atoms with Crippen molar-refractivity contribution in [2.45, 2.75) is 20.0 Å². The number of ether oxygens (including phenoxy) is 1. The van der Waals surface area contributed by atoms with Crippen molar-refractivity contribution in [2.75, 3.05) is 31.1 Å². The van der Waals surface area contributed by atoms with Gasteiger partial charge in [0.25, 0.3) is 5.91 Å². The van der Waals surface area contributed by atoms with Crippen LogP contribution >= 0.6 is 0 Å². The zero-order valence-electron chi connectivity index (χ0n) is 14.9. The van der Waals surface area contributed by atoms with E-state index in [0.717, 1.165) is 25.2 Å². The summed E-state index contributed by atoms with van der Waals surface area (Å²) in [5, 5.41) is 0. The molecule has 0 aromatic heterocycles. The lowest BCUT2D eigenvalue weighted by molar-refractivity contribution is -0.138. The van der Waals surface area contributed by atoms with Gasteiger partial charge in [-0.3, -0.25) is 4.79 Å². The van der Waals surface area contributed by atoms with E-state index in [1.165, 1.54) is 17.3 Å². The molecule has 2 aromatic carbocycles. The van der Waals surface area contributed by atoms with Crippen LogP contribution in [0.15, 0.2) is 42.5 Å². The maximum atomic E-state index is 13.7. The largest absolute Gasteiger partial charge is 0.478 e. The topological polar surface area (TPSA) is 32.8 Å². The van der Waals surface area contributed by atoms with E-state index in [2.05, 4.69) is 24.0 Å². The second-order valence-corrected chi connectivity index (χ2v) is 6.43. The van der Waals surface area contributed by atoms with Crippen molar-refractivity contribution in [3.8, 4) is 5.75 Å². The number of hydrogen-bond donors (Lipinski definition) is 0. The van der Waals surface area contributed by atoms with Crippen molar-refractivity contribution in [1.29, 1.82) is 0 Å². The summed E-state index contributed by atoms with van der Waals surface area (Å²) >= 11 is 0. The molecule has 0 unspecified atom stereocenters. The van der Waals surface area contributed by atoms with Gasteiger partial charge in [0.1, 0.15) is 5.82 Å². The zero-order chi connectivity index (χ0) is 18.7. The third kappa shape index (κ3) is 3.95. The van der Waals surface area contributed by atoms with Crippen LogP contribution in [-0.4, -0.2) is 43.1 Å². The number of aryl methyl sites for hydroxylation is 1. The number of amides is 1. The van der Waals surface area contributed by atoms with Gasteiger partial charge in [-0.15, -0.1) is 0 Å². The van der Waals surface area contributed by atoms with Crippen molar-refractivity contribution in [3.63, 3.8) is 0 Å². The van der Waals surface area contributed by atoms with Crippen LogP contribution in [0.25, 0.3) is 0 Å². The predicted octanol–water partition coefficient (Wildman–Crippen LogP) is 3.39. The highest BCUT2D eigenvalue weighted by Gasteiger charge is 2.27. The van der Waals surface area contributed by atoms with Gasteiger partial charge in [-0.2, -0.15) is 0 Å². The van der Waals surface area contributed by atoms with Crippen LogP contribution in [0.2, 0.25) is 0 Å². The molecule has 0 N–H and O–H groups in total. The second kappa shape index (κ2) is 7.72. The van der Waals surface area contributed by atoms with E-state index in [0.29, 0.717) is 13.1 Å². The van der Waals surface area contributed by atoms with Crippen molar-refractivity contribution < 1.29 is 18.3 Å². The molecule has 1 amide bonds. The van der Waals surface area contributed by atoms with Gasteiger partial charge in [0.05, 0.1) is 0 Å². The van der Waals surface area contributed by atoms with Crippen LogP contribution in [0.1, 0.15) is 12.5 Å². The highest BCUT2D eigenvalue weighted by Crippen LogP contribution is 2.22. The van der Waals surface area contributed by atoms with Gasteiger partial charge in [-0.05, 0) is 37.6 Å². The number of nitrogens with zero attached hydrogens (tertiary/aromatic N) is 2. The molecule has 6 heteroatoms. The first-order valence-electron chi connectivity index (χ1n) is 8.67. The summed E-state index contributed by atoms with van der Waals surface area (Å²) in [5.74, 6) is -1.81. The molecule has 0 aliphatic carbocycles. The van der Waals surface area contributed by atoms with Gasteiger partial charge >= 0.3 is 0 Å². The van der Waals surface area contributed by atoms with Gasteiger partial charge < -0.3 is 14.5 Å². The molecule has 1 heterocycles. The van der Waals surface area contributed by atoms with Gasteiger partial charge in [-0.1, -0.05) is 18.2 Å². The fourth-order valence-electron chi connectivity index (χ4n) is 3.15. The Balaban J connectivity index is 1.58. The van der Waals surface area contributed by atoms with E-state index in [1.54, 1.807) is 11.8 Å². The molecular formula is C20H22F2N2O2. The maximum absolute atomic E-state index is 13.7. The van der Waals surface area contributed by atoms with Crippen LogP contribution in [0.3, 0.4) is 0 Å². The zero-order valence-corrected chi connectivity index (χ0v) is 14.9. The molecule has 0 saturated carbocycles. The molecule has 1 fully saturated rings. The summed E-state index contributed by atoms with van der Waals surface area (Å²) < 4.78 is 32.1. The van der Waals surface area contributed by atoms with Crippen molar-refractivity contribution in [3.05, 3.63) is 59.7 Å². The lowest BCUT2D eigenvalue weighted by Crippen LogP contribution is -2.52. The number of benzene rings is 2. The summed E-state index contributed by atoms with van der Waals surface area (Å²) in [6.45, 7) is 6.26. The van der Waals surface area contributed by atoms with Crippen molar-refractivity contribution in [1.82, 2.24) is 4.90 Å². The molecule has 0 bridgehead atoms. The number of halogens is 2. The third-order valence-electron chi connectivity index (χ3n) is 4.59. The lowest BCUT2D eigenvalue weighted by atomic mass is 10.1. The number of carbonyl (C=O) groups excluding carboxylic acids is 1. The molecule has 0 radical (unpaired) electrons. The molecule has 138 valence electrons. The SMILES string of the molecule is Cc1ccccc1N1CCN(C(=O)[C@@H](C)Oc2ccc(F)cc2F)CC1. The van der Waals surface area contributed by atoms with Crippen LogP contribution in [-0.2, 0) is 4.79 Å². The number of hydrogen-bond acceptors (Lipinski definition) is 3. The Kier molecular flexibility index (Phi) is 5.40. The highest BCUT2D eigenvalue weighted by atomic mass is 19.1. The van der Waals surface area contributed by atoms with Crippen LogP contribution in [0.4, 0.5) is 14.5 Å². The average molecular weight is 360 g/mol. The highest BCUT2D eigenvalue weighted by molar-refractivity contribution is 5.81. The minimum atomic E-state index is -0.833. The monoisotopic (exact) mass is 360 g/mol. The Labute approximate surface area is 152 Å². The summed E-state index contributed by atoms with van der Waals surface area (Å²) in [7, 11) is 0. The first kappa shape index (κ1) is 18.2. The normalized spacial score (nSPS) is 15.7. The molecule has 1 saturated heterocycles. The predicted molar refractivity (Wildman–Crippen MR) is 96.4 cm³/mol. The Bertz CT molecular complexity index is 789. The summed E-state index contributed by atoms with van der Waals surface area (Å²) in [5.41, 5.74) is 2.38. The molecule has 26 heavy (non-hydrogen) atoms. The Hall–Kier alpha value is -2.63. The summed E-state index contributed by atoms with van der Waals surface area (Å²) in [6, 6.07) is 11.2. The van der Waals surface area contributed by atoms with Crippen molar-refractivity contribution >= 4 is 11.6 Å². The number of para-hydroxylation sites is 1. The van der Waals surface area contributed by atoms with Crippen LogP contribution < -0.4 is 9.64 Å². The Morgan fingerprint density at radius 3 is 2.42 bits per heavy atom. The molecule has 2 aromatic rings. The molecular weight excluding hydrogens is 338 g/mol. The number of rotatable bonds is 4. The van der Waals surface area contributed by atoms with Gasteiger partial charge in [0.15, 0.2) is 17.7 Å². The smallest absolute Gasteiger partial charge is 0.263 e. The lowest BCUT2D eigenvalue weighted by Gasteiger charge is -2.37. The standard InChI is InChI=1S/C20H22F2N2O2/c1-14-5-3-4-6-18(14)23-9-11-24(12-10-23)20(25)15(2)26-19-8-7-16(21)13-17(19)22/h3-8,13,15H,9-12H2,1-2H3/t15-/m1/s1. The fraction of sp³-hybridized carbons (Fsp3) is 0.350. The average Bonchev–Trinajstić information content (AvgIpc) is 2.64. The second-order valence-electron chi connectivity index (χ2n) is 6.43. The summed E-state index contributed by atoms with van der Waals surface area (Å²) in [4.78, 5) is 16.6. The van der Waals surface area contributed by atoms with Gasteiger partial charge in [0, 0.05) is 37.9 Å². The van der Waals surface area contributed by atoms with E-state index in [9.17, 15) is 13.6 Å². The van der Waals surface area contributed by atoms with E-state index in [4.69, 9.17) is 4.74 Å². The minimum absolute atomic E-state index is 0.120. The van der Waals surface area contributed by atoms with Gasteiger partial charge in [-0.25, -0.2) is 8.78 Å². The molecule has 3 rings (SSSR count). The van der Waals surface area contributed by atoms with Crippen LogP contribution in [0.5, 0.6) is 5.75 Å².